The first kappa shape index (κ1) is 15.4. The number of nitrogens with zero attached hydrogens (tertiary/aromatic N) is 3. The van der Waals surface area contributed by atoms with Crippen LogP contribution in [0.25, 0.3) is 11.0 Å². The zero-order valence-electron chi connectivity index (χ0n) is 12.9. The highest BCUT2D eigenvalue weighted by atomic mass is 35.5. The maximum atomic E-state index is 11.7. The van der Waals surface area contributed by atoms with Crippen LogP contribution in [0.2, 0.25) is 5.15 Å². The van der Waals surface area contributed by atoms with Crippen LogP contribution in [0.3, 0.4) is 0 Å². The Morgan fingerprint density at radius 1 is 1.35 bits per heavy atom. The van der Waals surface area contributed by atoms with E-state index in [4.69, 9.17) is 21.1 Å². The van der Waals surface area contributed by atoms with E-state index in [0.717, 1.165) is 17.3 Å². The average Bonchev–Trinajstić information content (AvgIpc) is 3.12. The second kappa shape index (κ2) is 4.92. The van der Waals surface area contributed by atoms with Gasteiger partial charge in [0.15, 0.2) is 5.79 Å². The summed E-state index contributed by atoms with van der Waals surface area (Å²) in [6.45, 7) is 5.62. The molecule has 122 valence electrons. The monoisotopic (exact) mass is 353 g/mol. The van der Waals surface area contributed by atoms with Gasteiger partial charge in [-0.3, -0.25) is 0 Å². The molecule has 2 aliphatic rings. The van der Waals surface area contributed by atoms with Crippen molar-refractivity contribution < 1.29 is 14.3 Å². The second-order valence-corrected chi connectivity index (χ2v) is 8.41. The molecule has 2 fully saturated rings. The molecule has 6 nitrogen and oxygen atoms in total. The SMILES string of the molecule is CC1(C)O[C@H]2[C@H](n3ccc4c(Cl)ncnc43)S[C@](C)(C=O)[C@H]2O1. The molecule has 23 heavy (non-hydrogen) atoms. The van der Waals surface area contributed by atoms with Crippen LogP contribution >= 0.6 is 23.4 Å². The fourth-order valence-corrected chi connectivity index (χ4v) is 4.99. The summed E-state index contributed by atoms with van der Waals surface area (Å²) in [6.07, 6.45) is 3.75. The Morgan fingerprint density at radius 3 is 2.87 bits per heavy atom. The first-order valence-electron chi connectivity index (χ1n) is 7.31. The number of fused-ring (bicyclic) bond motifs is 2. The van der Waals surface area contributed by atoms with E-state index in [2.05, 4.69) is 9.97 Å². The number of hydrogen-bond acceptors (Lipinski definition) is 6. The quantitative estimate of drug-likeness (QED) is 0.611. The summed E-state index contributed by atoms with van der Waals surface area (Å²) in [5.41, 5.74) is 0.727. The second-order valence-electron chi connectivity index (χ2n) is 6.46. The molecule has 0 N–H and O–H groups in total. The summed E-state index contributed by atoms with van der Waals surface area (Å²) in [4.78, 5) is 20.0. The summed E-state index contributed by atoms with van der Waals surface area (Å²) in [6, 6.07) is 1.88. The lowest BCUT2D eigenvalue weighted by atomic mass is 10.0. The van der Waals surface area contributed by atoms with Gasteiger partial charge in [0.05, 0.1) is 10.1 Å². The third-order valence-electron chi connectivity index (χ3n) is 4.32. The van der Waals surface area contributed by atoms with Gasteiger partial charge in [-0.25, -0.2) is 9.97 Å². The van der Waals surface area contributed by atoms with E-state index >= 15 is 0 Å². The highest BCUT2D eigenvalue weighted by Crippen LogP contribution is 2.56. The van der Waals surface area contributed by atoms with Crippen LogP contribution in [-0.2, 0) is 14.3 Å². The van der Waals surface area contributed by atoms with Gasteiger partial charge < -0.3 is 18.8 Å². The fourth-order valence-electron chi connectivity index (χ4n) is 3.29. The van der Waals surface area contributed by atoms with Gasteiger partial charge in [-0.2, -0.15) is 0 Å². The molecule has 0 radical (unpaired) electrons. The molecule has 4 rings (SSSR count). The predicted molar refractivity (Wildman–Crippen MR) is 87.5 cm³/mol. The lowest BCUT2D eigenvalue weighted by Crippen LogP contribution is -2.39. The predicted octanol–water partition coefficient (Wildman–Crippen LogP) is 2.81. The van der Waals surface area contributed by atoms with E-state index in [1.807, 2.05) is 37.6 Å². The minimum absolute atomic E-state index is 0.125. The Bertz CT molecular complexity index is 795. The molecule has 2 aromatic rings. The first-order chi connectivity index (χ1) is 10.8. The van der Waals surface area contributed by atoms with Gasteiger partial charge in [-0.15, -0.1) is 11.8 Å². The Balaban J connectivity index is 1.82. The zero-order chi connectivity index (χ0) is 16.4. The Hall–Kier alpha value is -1.15. The topological polar surface area (TPSA) is 66.2 Å². The van der Waals surface area contributed by atoms with E-state index in [1.54, 1.807) is 0 Å². The molecule has 4 heterocycles. The normalized spacial score (nSPS) is 35.6. The first-order valence-corrected chi connectivity index (χ1v) is 8.57. The Labute approximate surface area is 142 Å². The maximum Gasteiger partial charge on any atom is 0.163 e. The Kier molecular flexibility index (Phi) is 3.29. The van der Waals surface area contributed by atoms with E-state index in [9.17, 15) is 4.79 Å². The number of carbonyl (C=O) groups is 1. The molecular weight excluding hydrogens is 338 g/mol. The molecule has 8 heteroatoms. The third kappa shape index (κ3) is 2.21. The molecule has 0 unspecified atom stereocenters. The molecule has 0 saturated carbocycles. The van der Waals surface area contributed by atoms with Crippen molar-refractivity contribution in [2.75, 3.05) is 0 Å². The lowest BCUT2D eigenvalue weighted by Gasteiger charge is -2.26. The molecule has 0 aliphatic carbocycles. The highest BCUT2D eigenvalue weighted by Gasteiger charge is 2.61. The van der Waals surface area contributed by atoms with Crippen molar-refractivity contribution in [1.29, 1.82) is 0 Å². The maximum absolute atomic E-state index is 11.7. The summed E-state index contributed by atoms with van der Waals surface area (Å²) < 4.78 is 13.4. The number of halogens is 1. The van der Waals surface area contributed by atoms with Crippen molar-refractivity contribution in [3.63, 3.8) is 0 Å². The molecular formula is C15H16ClN3O3S. The van der Waals surface area contributed by atoms with Crippen molar-refractivity contribution in [3.8, 4) is 0 Å². The van der Waals surface area contributed by atoms with Crippen molar-refractivity contribution in [1.82, 2.24) is 14.5 Å². The minimum Gasteiger partial charge on any atom is -0.343 e. The van der Waals surface area contributed by atoms with E-state index < -0.39 is 10.5 Å². The van der Waals surface area contributed by atoms with Gasteiger partial charge in [0.1, 0.15) is 41.0 Å². The van der Waals surface area contributed by atoms with Gasteiger partial charge in [0.2, 0.25) is 0 Å². The van der Waals surface area contributed by atoms with Crippen molar-refractivity contribution in [2.24, 2.45) is 0 Å². The summed E-state index contributed by atoms with van der Waals surface area (Å²) >= 11 is 7.66. The number of aromatic nitrogens is 3. The number of aldehydes is 1. The number of thioether (sulfide) groups is 1. The van der Waals surface area contributed by atoms with E-state index in [0.29, 0.717) is 5.15 Å². The van der Waals surface area contributed by atoms with Gasteiger partial charge in [-0.05, 0) is 26.8 Å². The molecule has 2 aliphatic heterocycles. The standard InChI is InChI=1S/C15H16ClN3O3S/c1-14(2)21-9-10(22-14)15(3,6-20)23-13(9)19-5-4-8-11(16)17-7-18-12(8)19/h4-7,9-10,13H,1-3H3/t9-,10+,13-,15-/m1/s1. The van der Waals surface area contributed by atoms with Gasteiger partial charge in [0.25, 0.3) is 0 Å². The fraction of sp³-hybridized carbons (Fsp3) is 0.533. The molecule has 2 aromatic heterocycles. The average molecular weight is 354 g/mol. The van der Waals surface area contributed by atoms with Crippen LogP contribution in [0.1, 0.15) is 26.1 Å². The van der Waals surface area contributed by atoms with Gasteiger partial charge >= 0.3 is 0 Å². The minimum atomic E-state index is -0.714. The van der Waals surface area contributed by atoms with E-state index in [-0.39, 0.29) is 17.6 Å². The van der Waals surface area contributed by atoms with Crippen molar-refractivity contribution >= 4 is 40.7 Å². The van der Waals surface area contributed by atoms with Crippen LogP contribution < -0.4 is 0 Å². The van der Waals surface area contributed by atoms with Gasteiger partial charge in [0, 0.05) is 6.20 Å². The number of hydrogen-bond donors (Lipinski definition) is 0. The third-order valence-corrected chi connectivity index (χ3v) is 6.19. The zero-order valence-corrected chi connectivity index (χ0v) is 14.5. The number of ether oxygens (including phenoxy) is 2. The molecule has 0 aromatic carbocycles. The van der Waals surface area contributed by atoms with Crippen LogP contribution in [0.5, 0.6) is 0 Å². The largest absolute Gasteiger partial charge is 0.343 e. The molecule has 2 saturated heterocycles. The molecule has 0 amide bonds. The van der Waals surface area contributed by atoms with Crippen LogP contribution in [0.4, 0.5) is 0 Å². The van der Waals surface area contributed by atoms with Crippen molar-refractivity contribution in [3.05, 3.63) is 23.7 Å². The van der Waals surface area contributed by atoms with Crippen molar-refractivity contribution in [2.45, 2.75) is 48.9 Å². The van der Waals surface area contributed by atoms with E-state index in [1.165, 1.54) is 18.1 Å². The molecule has 4 atom stereocenters. The lowest BCUT2D eigenvalue weighted by molar-refractivity contribution is -0.151. The van der Waals surface area contributed by atoms with Crippen LogP contribution in [0.15, 0.2) is 18.6 Å². The number of rotatable bonds is 2. The molecule has 0 spiro atoms. The highest BCUT2D eigenvalue weighted by molar-refractivity contribution is 8.01. The molecule has 0 bridgehead atoms. The summed E-state index contributed by atoms with van der Waals surface area (Å²) in [7, 11) is 0. The number of carbonyl (C=O) groups excluding carboxylic acids is 1. The van der Waals surface area contributed by atoms with Crippen LogP contribution in [-0.4, -0.2) is 43.6 Å². The van der Waals surface area contributed by atoms with Crippen LogP contribution in [0, 0.1) is 0 Å². The summed E-state index contributed by atoms with van der Waals surface area (Å²) in [5.74, 6) is -0.714. The Morgan fingerprint density at radius 2 is 2.13 bits per heavy atom. The van der Waals surface area contributed by atoms with Gasteiger partial charge in [-0.1, -0.05) is 11.6 Å². The summed E-state index contributed by atoms with van der Waals surface area (Å²) in [5, 5.41) is 1.07. The smallest absolute Gasteiger partial charge is 0.163 e.